The van der Waals surface area contributed by atoms with E-state index in [9.17, 15) is 4.79 Å². The molecule has 1 aliphatic carbocycles. The van der Waals surface area contributed by atoms with Crippen LogP contribution in [0.25, 0.3) is 0 Å². The minimum absolute atomic E-state index is 0.0531. The highest BCUT2D eigenvalue weighted by atomic mass is 16.7. The number of carbonyl (C=O) groups excluding carboxylic acids is 1. The van der Waals surface area contributed by atoms with Gasteiger partial charge in [-0.3, -0.25) is 4.79 Å². The zero-order chi connectivity index (χ0) is 14.3. The minimum atomic E-state index is -0.222. The summed E-state index contributed by atoms with van der Waals surface area (Å²) in [7, 11) is 0. The van der Waals surface area contributed by atoms with Crippen LogP contribution in [0.5, 0.6) is 0 Å². The second-order valence-electron chi connectivity index (χ2n) is 5.96. The Balaban J connectivity index is 1.50. The van der Waals surface area contributed by atoms with Crippen molar-refractivity contribution >= 4 is 5.97 Å². The molecule has 2 rings (SSSR count). The van der Waals surface area contributed by atoms with Gasteiger partial charge in [0.2, 0.25) is 0 Å². The highest BCUT2D eigenvalue weighted by Crippen LogP contribution is 2.39. The fourth-order valence-corrected chi connectivity index (χ4v) is 3.30. The third-order valence-electron chi connectivity index (χ3n) is 4.48. The van der Waals surface area contributed by atoms with E-state index in [0.717, 1.165) is 44.8 Å². The monoisotopic (exact) mass is 284 g/mol. The van der Waals surface area contributed by atoms with Gasteiger partial charge < -0.3 is 14.2 Å². The summed E-state index contributed by atoms with van der Waals surface area (Å²) in [6, 6.07) is 0. The van der Waals surface area contributed by atoms with Crippen molar-refractivity contribution in [2.75, 3.05) is 19.8 Å². The van der Waals surface area contributed by atoms with Gasteiger partial charge in [0.15, 0.2) is 5.79 Å². The Morgan fingerprint density at radius 1 is 1.15 bits per heavy atom. The summed E-state index contributed by atoms with van der Waals surface area (Å²) >= 11 is 0. The molecule has 0 aromatic carbocycles. The quantitative estimate of drug-likeness (QED) is 0.530. The zero-order valence-corrected chi connectivity index (χ0v) is 12.7. The molecule has 0 radical (unpaired) electrons. The van der Waals surface area contributed by atoms with Crippen molar-refractivity contribution in [2.24, 2.45) is 5.92 Å². The van der Waals surface area contributed by atoms with Crippen LogP contribution < -0.4 is 0 Å². The predicted octanol–water partition coefficient (Wildman–Crippen LogP) is 3.43. The molecule has 1 spiro atoms. The molecule has 1 saturated carbocycles. The predicted molar refractivity (Wildman–Crippen MR) is 76.3 cm³/mol. The second kappa shape index (κ2) is 7.99. The number of esters is 1. The summed E-state index contributed by atoms with van der Waals surface area (Å²) in [6.07, 6.45) is 9.72. The summed E-state index contributed by atoms with van der Waals surface area (Å²) in [5.74, 6) is 0.541. The van der Waals surface area contributed by atoms with Crippen LogP contribution in [0.3, 0.4) is 0 Å². The molecule has 0 atom stereocenters. The van der Waals surface area contributed by atoms with E-state index in [-0.39, 0.29) is 11.8 Å². The van der Waals surface area contributed by atoms with Crippen LogP contribution in [0.4, 0.5) is 0 Å². The Labute approximate surface area is 122 Å². The van der Waals surface area contributed by atoms with E-state index in [1.54, 1.807) is 0 Å². The molecule has 1 heterocycles. The summed E-state index contributed by atoms with van der Waals surface area (Å²) in [5.41, 5.74) is 0. The van der Waals surface area contributed by atoms with Crippen LogP contribution in [0.15, 0.2) is 0 Å². The van der Waals surface area contributed by atoms with Gasteiger partial charge in [-0.1, -0.05) is 19.3 Å². The molecule has 1 aliphatic heterocycles. The summed E-state index contributed by atoms with van der Waals surface area (Å²) < 4.78 is 16.4. The highest BCUT2D eigenvalue weighted by molar-refractivity contribution is 5.69. The lowest BCUT2D eigenvalue weighted by atomic mass is 9.82. The topological polar surface area (TPSA) is 44.8 Å². The Kier molecular flexibility index (Phi) is 6.30. The van der Waals surface area contributed by atoms with Crippen molar-refractivity contribution in [1.29, 1.82) is 0 Å². The van der Waals surface area contributed by atoms with Crippen molar-refractivity contribution < 1.29 is 19.0 Å². The summed E-state index contributed by atoms with van der Waals surface area (Å²) in [5, 5.41) is 0. The molecular weight excluding hydrogens is 256 g/mol. The van der Waals surface area contributed by atoms with Crippen molar-refractivity contribution in [3.63, 3.8) is 0 Å². The molecule has 0 bridgehead atoms. The first-order chi connectivity index (χ1) is 9.74. The van der Waals surface area contributed by atoms with Crippen LogP contribution in [-0.4, -0.2) is 31.6 Å². The van der Waals surface area contributed by atoms with E-state index in [1.807, 2.05) is 6.92 Å². The molecule has 0 amide bonds. The molecule has 0 aromatic heterocycles. The number of hydrogen-bond acceptors (Lipinski definition) is 4. The number of hydrogen-bond donors (Lipinski definition) is 0. The van der Waals surface area contributed by atoms with Gasteiger partial charge in [-0.05, 0) is 32.1 Å². The molecular formula is C16H28O4. The van der Waals surface area contributed by atoms with E-state index in [1.165, 1.54) is 25.7 Å². The first kappa shape index (κ1) is 15.8. The Morgan fingerprint density at radius 3 is 2.50 bits per heavy atom. The van der Waals surface area contributed by atoms with Crippen LogP contribution in [0.2, 0.25) is 0 Å². The summed E-state index contributed by atoms with van der Waals surface area (Å²) in [4.78, 5) is 11.2. The minimum Gasteiger partial charge on any atom is -0.466 e. The zero-order valence-electron chi connectivity index (χ0n) is 12.7. The fraction of sp³-hybridized carbons (Fsp3) is 0.938. The molecule has 1 saturated heterocycles. The maximum atomic E-state index is 11.2. The molecule has 2 fully saturated rings. The highest BCUT2D eigenvalue weighted by Gasteiger charge is 2.39. The van der Waals surface area contributed by atoms with Crippen molar-refractivity contribution in [1.82, 2.24) is 0 Å². The van der Waals surface area contributed by atoms with E-state index < -0.39 is 0 Å². The van der Waals surface area contributed by atoms with Gasteiger partial charge in [-0.25, -0.2) is 0 Å². The maximum absolute atomic E-state index is 11.2. The van der Waals surface area contributed by atoms with Crippen LogP contribution >= 0.6 is 0 Å². The lowest BCUT2D eigenvalue weighted by molar-refractivity contribution is -0.182. The first-order valence-corrected chi connectivity index (χ1v) is 8.18. The van der Waals surface area contributed by atoms with Gasteiger partial charge in [0, 0.05) is 19.3 Å². The number of carbonyl (C=O) groups is 1. The third-order valence-corrected chi connectivity index (χ3v) is 4.48. The first-order valence-electron chi connectivity index (χ1n) is 8.18. The SMILES string of the molecule is CCOC(=O)CCCCCC1CCC2(CC1)OCCO2. The van der Waals surface area contributed by atoms with Crippen molar-refractivity contribution in [2.45, 2.75) is 70.5 Å². The van der Waals surface area contributed by atoms with Gasteiger partial charge in [-0.2, -0.15) is 0 Å². The molecule has 20 heavy (non-hydrogen) atoms. The van der Waals surface area contributed by atoms with Crippen molar-refractivity contribution in [3.05, 3.63) is 0 Å². The molecule has 4 nitrogen and oxygen atoms in total. The molecule has 2 aliphatic rings. The van der Waals surface area contributed by atoms with Gasteiger partial charge in [0.25, 0.3) is 0 Å². The van der Waals surface area contributed by atoms with E-state index >= 15 is 0 Å². The molecule has 0 N–H and O–H groups in total. The maximum Gasteiger partial charge on any atom is 0.305 e. The van der Waals surface area contributed by atoms with E-state index in [0.29, 0.717) is 13.0 Å². The van der Waals surface area contributed by atoms with E-state index in [4.69, 9.17) is 14.2 Å². The van der Waals surface area contributed by atoms with Gasteiger partial charge in [0.05, 0.1) is 19.8 Å². The normalized spacial score (nSPS) is 22.2. The molecule has 0 aromatic rings. The third kappa shape index (κ3) is 4.74. The van der Waals surface area contributed by atoms with Crippen molar-refractivity contribution in [3.8, 4) is 0 Å². The number of rotatable bonds is 7. The lowest BCUT2D eigenvalue weighted by Gasteiger charge is -2.35. The number of ether oxygens (including phenoxy) is 3. The average Bonchev–Trinajstić information content (AvgIpc) is 2.89. The average molecular weight is 284 g/mol. The van der Waals surface area contributed by atoms with Gasteiger partial charge >= 0.3 is 5.97 Å². The standard InChI is InChI=1S/C16H28O4/c1-2-18-15(17)7-5-3-4-6-14-8-10-16(11-9-14)19-12-13-20-16/h14H,2-13H2,1H3. The molecule has 4 heteroatoms. The lowest BCUT2D eigenvalue weighted by Crippen LogP contribution is -2.35. The Hall–Kier alpha value is -0.610. The molecule has 116 valence electrons. The fourth-order valence-electron chi connectivity index (χ4n) is 3.30. The van der Waals surface area contributed by atoms with Gasteiger partial charge in [-0.15, -0.1) is 0 Å². The largest absolute Gasteiger partial charge is 0.466 e. The molecule has 0 unspecified atom stereocenters. The summed E-state index contributed by atoms with van der Waals surface area (Å²) in [6.45, 7) is 3.87. The van der Waals surface area contributed by atoms with Crippen LogP contribution in [0, 0.1) is 5.92 Å². The van der Waals surface area contributed by atoms with Crippen LogP contribution in [-0.2, 0) is 19.0 Å². The van der Waals surface area contributed by atoms with Crippen LogP contribution in [0.1, 0.15) is 64.7 Å². The van der Waals surface area contributed by atoms with Gasteiger partial charge in [0.1, 0.15) is 0 Å². The van der Waals surface area contributed by atoms with E-state index in [2.05, 4.69) is 0 Å². The second-order valence-corrected chi connectivity index (χ2v) is 5.96. The number of unbranched alkanes of at least 4 members (excludes halogenated alkanes) is 2. The Bertz CT molecular complexity index is 287. The Morgan fingerprint density at radius 2 is 1.85 bits per heavy atom. The smallest absolute Gasteiger partial charge is 0.305 e.